The van der Waals surface area contributed by atoms with E-state index in [1.165, 1.54) is 0 Å². The van der Waals surface area contributed by atoms with Gasteiger partial charge in [0.25, 0.3) is 0 Å². The quantitative estimate of drug-likeness (QED) is 0.773. The number of amides is 1. The van der Waals surface area contributed by atoms with Crippen molar-refractivity contribution in [2.24, 2.45) is 5.41 Å². The van der Waals surface area contributed by atoms with E-state index in [9.17, 15) is 14.7 Å². The van der Waals surface area contributed by atoms with Gasteiger partial charge in [-0.05, 0) is 30.9 Å². The van der Waals surface area contributed by atoms with Gasteiger partial charge in [0.05, 0.1) is 0 Å². The van der Waals surface area contributed by atoms with E-state index in [2.05, 4.69) is 4.98 Å². The van der Waals surface area contributed by atoms with Gasteiger partial charge in [0.2, 0.25) is 5.91 Å². The Balaban J connectivity index is 1.94. The summed E-state index contributed by atoms with van der Waals surface area (Å²) in [4.78, 5) is 27.9. The van der Waals surface area contributed by atoms with Gasteiger partial charge in [0, 0.05) is 26.0 Å². The average molecular weight is 250 g/mol. The van der Waals surface area contributed by atoms with Crippen LogP contribution in [0.1, 0.15) is 24.8 Å². The van der Waals surface area contributed by atoms with Gasteiger partial charge in [-0.15, -0.1) is 0 Å². The molecule has 1 fully saturated rings. The number of hydrogen-bond acceptors (Lipinski definition) is 2. The van der Waals surface area contributed by atoms with Crippen molar-refractivity contribution < 1.29 is 14.7 Å². The molecule has 18 heavy (non-hydrogen) atoms. The number of carbonyl (C=O) groups is 2. The molecule has 0 saturated heterocycles. The Morgan fingerprint density at radius 3 is 2.67 bits per heavy atom. The molecule has 0 bridgehead atoms. The van der Waals surface area contributed by atoms with E-state index in [1.54, 1.807) is 11.9 Å². The molecule has 0 radical (unpaired) electrons. The van der Waals surface area contributed by atoms with Crippen LogP contribution in [-0.2, 0) is 16.0 Å². The maximum atomic E-state index is 12.2. The Morgan fingerprint density at radius 1 is 1.50 bits per heavy atom. The lowest BCUT2D eigenvalue weighted by molar-refractivity contribution is -0.166. The monoisotopic (exact) mass is 250 g/mol. The van der Waals surface area contributed by atoms with Gasteiger partial charge in [-0.2, -0.15) is 0 Å². The van der Waals surface area contributed by atoms with Crippen LogP contribution in [0.25, 0.3) is 0 Å². The molecule has 98 valence electrons. The molecule has 0 aliphatic heterocycles. The molecular weight excluding hydrogens is 232 g/mol. The van der Waals surface area contributed by atoms with Crippen molar-refractivity contribution in [3.05, 3.63) is 24.0 Å². The lowest BCUT2D eigenvalue weighted by Crippen LogP contribution is -2.51. The van der Waals surface area contributed by atoms with E-state index in [-0.39, 0.29) is 5.91 Å². The van der Waals surface area contributed by atoms with Gasteiger partial charge >= 0.3 is 5.97 Å². The molecule has 1 heterocycles. The number of likely N-dealkylation sites (N-methyl/N-ethyl adjacent to an activating group) is 1. The number of H-pyrrole nitrogens is 1. The Hall–Kier alpha value is -1.78. The first-order chi connectivity index (χ1) is 8.56. The molecule has 0 aromatic carbocycles. The standard InChI is InChI=1S/C13H18N2O3/c1-15(8-4-10-3-7-14-9-10)11(16)13(12(17)18)5-2-6-13/h3,7,9,14H,2,4-6,8H2,1H3,(H,17,18). The number of rotatable bonds is 5. The molecule has 1 aromatic heterocycles. The third-order valence-corrected chi connectivity index (χ3v) is 3.77. The van der Waals surface area contributed by atoms with Crippen LogP contribution in [-0.4, -0.2) is 40.5 Å². The Kier molecular flexibility index (Phi) is 3.41. The van der Waals surface area contributed by atoms with Crippen LogP contribution in [0, 0.1) is 5.41 Å². The number of carbonyl (C=O) groups excluding carboxylic acids is 1. The summed E-state index contributed by atoms with van der Waals surface area (Å²) in [5.74, 6) is -1.23. The average Bonchev–Trinajstić information content (AvgIpc) is 2.76. The molecule has 1 amide bonds. The Labute approximate surface area is 106 Å². The highest BCUT2D eigenvalue weighted by Gasteiger charge is 2.52. The minimum atomic E-state index is -1.15. The molecule has 5 heteroatoms. The van der Waals surface area contributed by atoms with Crippen LogP contribution >= 0.6 is 0 Å². The van der Waals surface area contributed by atoms with Gasteiger partial charge in [-0.1, -0.05) is 6.42 Å². The largest absolute Gasteiger partial charge is 0.480 e. The second kappa shape index (κ2) is 4.84. The third-order valence-electron chi connectivity index (χ3n) is 3.77. The van der Waals surface area contributed by atoms with Crippen molar-refractivity contribution in [3.8, 4) is 0 Å². The Bertz CT molecular complexity index is 435. The first-order valence-electron chi connectivity index (χ1n) is 6.17. The molecule has 0 atom stereocenters. The number of nitrogens with zero attached hydrogens (tertiary/aromatic N) is 1. The number of aromatic nitrogens is 1. The summed E-state index contributed by atoms with van der Waals surface area (Å²) < 4.78 is 0. The Morgan fingerprint density at radius 2 is 2.22 bits per heavy atom. The summed E-state index contributed by atoms with van der Waals surface area (Å²) in [5, 5.41) is 9.20. The second-order valence-electron chi connectivity index (χ2n) is 4.94. The number of carboxylic acids is 1. The van der Waals surface area contributed by atoms with Crippen LogP contribution in [0.15, 0.2) is 18.5 Å². The van der Waals surface area contributed by atoms with Gasteiger partial charge in [0.1, 0.15) is 5.41 Å². The fraction of sp³-hybridized carbons (Fsp3) is 0.538. The van der Waals surface area contributed by atoms with Gasteiger partial charge in [0.15, 0.2) is 0 Å². The van der Waals surface area contributed by atoms with Crippen LogP contribution in [0.3, 0.4) is 0 Å². The summed E-state index contributed by atoms with van der Waals surface area (Å²) in [6.45, 7) is 0.547. The zero-order valence-electron chi connectivity index (χ0n) is 10.5. The lowest BCUT2D eigenvalue weighted by Gasteiger charge is -2.38. The molecule has 5 nitrogen and oxygen atoms in total. The predicted molar refractivity (Wildman–Crippen MR) is 66.1 cm³/mol. The first-order valence-corrected chi connectivity index (χ1v) is 6.17. The van der Waals surface area contributed by atoms with Crippen molar-refractivity contribution in [2.75, 3.05) is 13.6 Å². The highest BCUT2D eigenvalue weighted by molar-refractivity contribution is 6.02. The highest BCUT2D eigenvalue weighted by atomic mass is 16.4. The van der Waals surface area contributed by atoms with Gasteiger partial charge in [-0.25, -0.2) is 0 Å². The minimum Gasteiger partial charge on any atom is -0.480 e. The SMILES string of the molecule is CN(CCc1cc[nH]c1)C(=O)C1(C(=O)O)CCC1. The zero-order chi connectivity index (χ0) is 13.2. The molecule has 1 saturated carbocycles. The molecule has 1 aliphatic rings. The van der Waals surface area contributed by atoms with E-state index in [1.807, 2.05) is 18.5 Å². The molecule has 1 aliphatic carbocycles. The topological polar surface area (TPSA) is 73.4 Å². The summed E-state index contributed by atoms with van der Waals surface area (Å²) in [7, 11) is 1.68. The third kappa shape index (κ3) is 2.12. The van der Waals surface area contributed by atoms with Crippen molar-refractivity contribution in [2.45, 2.75) is 25.7 Å². The normalized spacial score (nSPS) is 16.9. The summed E-state index contributed by atoms with van der Waals surface area (Å²) in [6, 6.07) is 1.95. The van der Waals surface area contributed by atoms with Crippen molar-refractivity contribution >= 4 is 11.9 Å². The lowest BCUT2D eigenvalue weighted by atomic mass is 9.68. The maximum absolute atomic E-state index is 12.2. The van der Waals surface area contributed by atoms with E-state index >= 15 is 0 Å². The van der Waals surface area contributed by atoms with Gasteiger partial charge < -0.3 is 15.0 Å². The number of carboxylic acid groups (broad SMARTS) is 1. The molecule has 2 rings (SSSR count). The van der Waals surface area contributed by atoms with Crippen molar-refractivity contribution in [1.29, 1.82) is 0 Å². The number of aromatic amines is 1. The van der Waals surface area contributed by atoms with Crippen molar-refractivity contribution in [3.63, 3.8) is 0 Å². The first kappa shape index (κ1) is 12.7. The highest BCUT2D eigenvalue weighted by Crippen LogP contribution is 2.42. The summed E-state index contributed by atoms with van der Waals surface area (Å²) in [5.41, 5.74) is -0.0278. The molecule has 2 N–H and O–H groups in total. The predicted octanol–water partition coefficient (Wildman–Crippen LogP) is 1.27. The number of aliphatic carboxylic acids is 1. The second-order valence-corrected chi connectivity index (χ2v) is 4.94. The number of hydrogen-bond donors (Lipinski definition) is 2. The smallest absolute Gasteiger partial charge is 0.319 e. The van der Waals surface area contributed by atoms with Gasteiger partial charge in [-0.3, -0.25) is 9.59 Å². The number of nitrogens with one attached hydrogen (secondary N) is 1. The van der Waals surface area contributed by atoms with E-state index < -0.39 is 11.4 Å². The molecule has 0 spiro atoms. The molecule has 0 unspecified atom stereocenters. The van der Waals surface area contributed by atoms with Crippen LogP contribution in [0.5, 0.6) is 0 Å². The van der Waals surface area contributed by atoms with E-state index in [4.69, 9.17) is 0 Å². The molecule has 1 aromatic rings. The fourth-order valence-corrected chi connectivity index (χ4v) is 2.33. The minimum absolute atomic E-state index is 0.253. The van der Waals surface area contributed by atoms with E-state index in [0.717, 1.165) is 18.4 Å². The fourth-order valence-electron chi connectivity index (χ4n) is 2.33. The van der Waals surface area contributed by atoms with Crippen LogP contribution < -0.4 is 0 Å². The van der Waals surface area contributed by atoms with Crippen LogP contribution in [0.2, 0.25) is 0 Å². The van der Waals surface area contributed by atoms with Crippen LogP contribution in [0.4, 0.5) is 0 Å². The summed E-state index contributed by atoms with van der Waals surface area (Å²) >= 11 is 0. The molecular formula is C13H18N2O3. The zero-order valence-corrected chi connectivity index (χ0v) is 10.5. The maximum Gasteiger partial charge on any atom is 0.319 e. The summed E-state index contributed by atoms with van der Waals surface area (Å²) in [6.07, 6.45) is 6.22. The van der Waals surface area contributed by atoms with E-state index in [0.29, 0.717) is 19.4 Å². The van der Waals surface area contributed by atoms with Crippen molar-refractivity contribution in [1.82, 2.24) is 9.88 Å².